The van der Waals surface area contributed by atoms with Gasteiger partial charge in [0.1, 0.15) is 10.7 Å². The number of hydrogen-bond donors (Lipinski definition) is 3. The van der Waals surface area contributed by atoms with Gasteiger partial charge in [0, 0.05) is 4.91 Å². The van der Waals surface area contributed by atoms with E-state index in [1.807, 2.05) is 4.72 Å². The third-order valence-corrected chi connectivity index (χ3v) is 4.46. The Morgan fingerprint density at radius 2 is 2.19 bits per heavy atom. The fraction of sp³-hybridized carbons (Fsp3) is 0.400. The summed E-state index contributed by atoms with van der Waals surface area (Å²) in [5.41, 5.74) is 8.14. The summed E-state index contributed by atoms with van der Waals surface area (Å²) in [6, 6.07) is 1.38. The maximum atomic E-state index is 12.9. The Bertz CT molecular complexity index is 650. The summed E-state index contributed by atoms with van der Waals surface area (Å²) in [5, 5.41) is 21.5. The zero-order valence-electron chi connectivity index (χ0n) is 10.5. The molecule has 2 atom stereocenters. The lowest BCUT2D eigenvalue weighted by Crippen LogP contribution is -2.47. The number of sulfonamides is 1. The SMILES string of the molecule is [N-]=[N+]=NCC(O)C(CO)NS(=O)(=O)c1ccc(F)cc1Cl. The van der Waals surface area contributed by atoms with Crippen LogP contribution in [0.2, 0.25) is 5.02 Å². The summed E-state index contributed by atoms with van der Waals surface area (Å²) in [7, 11) is -4.19. The van der Waals surface area contributed by atoms with Gasteiger partial charge in [0.05, 0.1) is 30.3 Å². The number of halogens is 2. The minimum absolute atomic E-state index is 0.344. The van der Waals surface area contributed by atoms with Gasteiger partial charge in [0.15, 0.2) is 0 Å². The van der Waals surface area contributed by atoms with Crippen LogP contribution < -0.4 is 4.72 Å². The van der Waals surface area contributed by atoms with E-state index in [9.17, 15) is 17.9 Å². The minimum atomic E-state index is -4.19. The molecular formula is C10H12ClFN4O4S. The van der Waals surface area contributed by atoms with Crippen molar-refractivity contribution in [2.24, 2.45) is 5.11 Å². The molecule has 0 aromatic heterocycles. The minimum Gasteiger partial charge on any atom is -0.395 e. The highest BCUT2D eigenvalue weighted by Crippen LogP contribution is 2.22. The first-order valence-corrected chi connectivity index (χ1v) is 7.45. The molecule has 0 radical (unpaired) electrons. The van der Waals surface area contributed by atoms with Crippen molar-refractivity contribution >= 4 is 21.6 Å². The first-order chi connectivity index (χ1) is 9.81. The first kappa shape index (κ1) is 17.6. The summed E-state index contributed by atoms with van der Waals surface area (Å²) >= 11 is 5.65. The molecule has 0 aliphatic heterocycles. The van der Waals surface area contributed by atoms with Crippen LogP contribution in [-0.4, -0.2) is 43.9 Å². The van der Waals surface area contributed by atoms with Crippen molar-refractivity contribution in [2.45, 2.75) is 17.0 Å². The third-order valence-electron chi connectivity index (χ3n) is 2.48. The van der Waals surface area contributed by atoms with Crippen LogP contribution in [0.5, 0.6) is 0 Å². The van der Waals surface area contributed by atoms with Crippen molar-refractivity contribution in [3.63, 3.8) is 0 Å². The van der Waals surface area contributed by atoms with Crippen molar-refractivity contribution in [3.8, 4) is 0 Å². The summed E-state index contributed by atoms with van der Waals surface area (Å²) in [6.45, 7) is -1.17. The fourth-order valence-electron chi connectivity index (χ4n) is 1.44. The molecule has 0 saturated carbocycles. The predicted molar refractivity (Wildman–Crippen MR) is 72.6 cm³/mol. The highest BCUT2D eigenvalue weighted by Gasteiger charge is 2.26. The van der Waals surface area contributed by atoms with Gasteiger partial charge in [-0.2, -0.15) is 0 Å². The lowest BCUT2D eigenvalue weighted by molar-refractivity contribution is 0.107. The van der Waals surface area contributed by atoms with E-state index in [0.29, 0.717) is 0 Å². The van der Waals surface area contributed by atoms with Crippen LogP contribution in [0.25, 0.3) is 10.4 Å². The van der Waals surface area contributed by atoms with Crippen LogP contribution in [0.4, 0.5) is 4.39 Å². The van der Waals surface area contributed by atoms with Gasteiger partial charge in [0.2, 0.25) is 10.0 Å². The van der Waals surface area contributed by atoms with E-state index < -0.39 is 46.0 Å². The number of aliphatic hydroxyl groups excluding tert-OH is 2. The van der Waals surface area contributed by atoms with Gasteiger partial charge in [-0.25, -0.2) is 17.5 Å². The average Bonchev–Trinajstić information content (AvgIpc) is 2.41. The molecule has 0 aliphatic carbocycles. The fourth-order valence-corrected chi connectivity index (χ4v) is 3.23. The largest absolute Gasteiger partial charge is 0.395 e. The average molecular weight is 339 g/mol. The topological polar surface area (TPSA) is 135 Å². The molecule has 116 valence electrons. The lowest BCUT2D eigenvalue weighted by atomic mass is 10.2. The van der Waals surface area contributed by atoms with E-state index in [2.05, 4.69) is 10.0 Å². The Hall–Kier alpha value is -1.42. The van der Waals surface area contributed by atoms with Gasteiger partial charge >= 0.3 is 0 Å². The number of aliphatic hydroxyl groups is 2. The number of hydrogen-bond acceptors (Lipinski definition) is 5. The lowest BCUT2D eigenvalue weighted by Gasteiger charge is -2.21. The Labute approximate surface area is 124 Å². The number of rotatable bonds is 7. The summed E-state index contributed by atoms with van der Waals surface area (Å²) in [6.07, 6.45) is -1.43. The smallest absolute Gasteiger partial charge is 0.242 e. The van der Waals surface area contributed by atoms with Gasteiger partial charge in [-0.1, -0.05) is 16.7 Å². The maximum Gasteiger partial charge on any atom is 0.242 e. The monoisotopic (exact) mass is 338 g/mol. The van der Waals surface area contributed by atoms with Crippen LogP contribution >= 0.6 is 11.6 Å². The normalized spacial score (nSPS) is 14.3. The molecule has 0 amide bonds. The summed E-state index contributed by atoms with van der Waals surface area (Å²) in [5.74, 6) is -0.707. The molecule has 1 rings (SSSR count). The van der Waals surface area contributed by atoms with Crippen LogP contribution in [0.3, 0.4) is 0 Å². The van der Waals surface area contributed by atoms with Crippen LogP contribution in [-0.2, 0) is 10.0 Å². The van der Waals surface area contributed by atoms with Crippen LogP contribution in [0.15, 0.2) is 28.2 Å². The molecule has 0 fully saturated rings. The Morgan fingerprint density at radius 3 is 2.71 bits per heavy atom. The van der Waals surface area contributed by atoms with E-state index >= 15 is 0 Å². The Kier molecular flexibility index (Phi) is 6.34. The van der Waals surface area contributed by atoms with Crippen molar-refractivity contribution < 1.29 is 23.0 Å². The second-order valence-electron chi connectivity index (χ2n) is 3.97. The second kappa shape index (κ2) is 7.55. The van der Waals surface area contributed by atoms with Crippen molar-refractivity contribution in [1.82, 2.24) is 4.72 Å². The number of nitrogens with zero attached hydrogens (tertiary/aromatic N) is 3. The third kappa shape index (κ3) is 4.81. The second-order valence-corrected chi connectivity index (χ2v) is 6.06. The highest BCUT2D eigenvalue weighted by atomic mass is 35.5. The Morgan fingerprint density at radius 1 is 1.52 bits per heavy atom. The van der Waals surface area contributed by atoms with Gasteiger partial charge in [0.25, 0.3) is 0 Å². The van der Waals surface area contributed by atoms with E-state index in [0.717, 1.165) is 18.2 Å². The molecular weight excluding hydrogens is 327 g/mol. The molecule has 0 aliphatic rings. The molecule has 0 bridgehead atoms. The van der Waals surface area contributed by atoms with Gasteiger partial charge in [-0.15, -0.1) is 0 Å². The quantitative estimate of drug-likeness (QED) is 0.384. The molecule has 2 unspecified atom stereocenters. The molecule has 0 spiro atoms. The molecule has 11 heteroatoms. The first-order valence-electron chi connectivity index (χ1n) is 5.59. The number of nitrogens with one attached hydrogen (secondary N) is 1. The number of benzene rings is 1. The highest BCUT2D eigenvalue weighted by molar-refractivity contribution is 7.89. The predicted octanol–water partition coefficient (Wildman–Crippen LogP) is 0.790. The summed E-state index contributed by atoms with van der Waals surface area (Å²) in [4.78, 5) is 2.01. The molecule has 21 heavy (non-hydrogen) atoms. The van der Waals surface area contributed by atoms with E-state index in [-0.39, 0.29) is 5.02 Å². The Balaban J connectivity index is 2.99. The molecule has 1 aromatic rings. The molecule has 0 saturated heterocycles. The zero-order chi connectivity index (χ0) is 16.0. The van der Waals surface area contributed by atoms with E-state index in [4.69, 9.17) is 22.2 Å². The molecule has 3 N–H and O–H groups in total. The van der Waals surface area contributed by atoms with Crippen molar-refractivity contribution in [3.05, 3.63) is 39.5 Å². The van der Waals surface area contributed by atoms with Gasteiger partial charge in [-0.05, 0) is 23.7 Å². The number of azide groups is 1. The molecule has 0 heterocycles. The van der Waals surface area contributed by atoms with Gasteiger partial charge in [-0.3, -0.25) is 0 Å². The van der Waals surface area contributed by atoms with Gasteiger partial charge < -0.3 is 10.2 Å². The van der Waals surface area contributed by atoms with Crippen LogP contribution in [0.1, 0.15) is 0 Å². The molecule has 8 nitrogen and oxygen atoms in total. The van der Waals surface area contributed by atoms with Crippen molar-refractivity contribution in [2.75, 3.05) is 13.2 Å². The van der Waals surface area contributed by atoms with Crippen LogP contribution in [0, 0.1) is 5.82 Å². The molecule has 1 aromatic carbocycles. The zero-order valence-corrected chi connectivity index (χ0v) is 12.1. The van der Waals surface area contributed by atoms with E-state index in [1.54, 1.807) is 0 Å². The van der Waals surface area contributed by atoms with Crippen molar-refractivity contribution in [1.29, 1.82) is 0 Å². The van der Waals surface area contributed by atoms with E-state index in [1.165, 1.54) is 0 Å². The maximum absolute atomic E-state index is 12.9. The standard InChI is InChI=1S/C10H12ClFN4O4S/c11-7-3-6(12)1-2-10(7)21(19,20)15-8(5-17)9(18)4-14-16-13/h1-3,8-9,15,17-18H,4-5H2. The summed E-state index contributed by atoms with van der Waals surface area (Å²) < 4.78 is 39.1.